The van der Waals surface area contributed by atoms with E-state index in [4.69, 9.17) is 16.3 Å². The first-order chi connectivity index (χ1) is 9.90. The molecule has 0 aliphatic rings. The molecule has 0 aliphatic heterocycles. The van der Waals surface area contributed by atoms with E-state index in [-0.39, 0.29) is 16.7 Å². The van der Waals surface area contributed by atoms with Crippen molar-refractivity contribution in [2.75, 3.05) is 0 Å². The first-order valence-corrected chi connectivity index (χ1v) is 6.75. The van der Waals surface area contributed by atoms with Crippen LogP contribution in [0.1, 0.15) is 23.9 Å². The summed E-state index contributed by atoms with van der Waals surface area (Å²) in [7, 11) is 0. The first-order valence-electron chi connectivity index (χ1n) is 6.37. The van der Waals surface area contributed by atoms with Gasteiger partial charge < -0.3 is 4.74 Å². The van der Waals surface area contributed by atoms with E-state index in [0.29, 0.717) is 23.6 Å². The van der Waals surface area contributed by atoms with E-state index < -0.39 is 4.92 Å². The molecule has 0 atom stereocenters. The lowest BCUT2D eigenvalue weighted by molar-refractivity contribution is -0.385. The number of rotatable bonds is 4. The third-order valence-corrected chi connectivity index (χ3v) is 3.13. The van der Waals surface area contributed by atoms with Crippen molar-refractivity contribution in [1.82, 2.24) is 9.97 Å². The minimum Gasteiger partial charge on any atom is -0.438 e. The Balaban J connectivity index is 2.41. The van der Waals surface area contributed by atoms with Crippen LogP contribution in [0, 0.1) is 24.0 Å². The molecule has 21 heavy (non-hydrogen) atoms. The minimum atomic E-state index is -0.438. The summed E-state index contributed by atoms with van der Waals surface area (Å²) >= 11 is 5.90. The number of nitrogens with zero attached hydrogens (tertiary/aromatic N) is 3. The number of nitro groups is 1. The Kier molecular flexibility index (Phi) is 4.37. The molecule has 0 fully saturated rings. The van der Waals surface area contributed by atoms with Crippen molar-refractivity contribution in [3.05, 3.63) is 50.4 Å². The van der Waals surface area contributed by atoms with Crippen molar-refractivity contribution in [2.24, 2.45) is 0 Å². The normalized spacial score (nSPS) is 10.5. The predicted octanol–water partition coefficient (Wildman–Crippen LogP) is 4.01. The smallest absolute Gasteiger partial charge is 0.276 e. The van der Waals surface area contributed by atoms with Crippen LogP contribution in [0.25, 0.3) is 0 Å². The van der Waals surface area contributed by atoms with Crippen molar-refractivity contribution in [3.63, 3.8) is 0 Å². The van der Waals surface area contributed by atoms with Gasteiger partial charge in [0.25, 0.3) is 5.69 Å². The van der Waals surface area contributed by atoms with Gasteiger partial charge in [0.05, 0.1) is 11.0 Å². The number of benzene rings is 1. The summed E-state index contributed by atoms with van der Waals surface area (Å²) in [6, 6.07) is 4.58. The maximum absolute atomic E-state index is 11.0. The number of nitro benzene ring substituents is 1. The average molecular weight is 308 g/mol. The van der Waals surface area contributed by atoms with Crippen LogP contribution in [0.15, 0.2) is 18.2 Å². The Labute approximate surface area is 126 Å². The van der Waals surface area contributed by atoms with Crippen LogP contribution < -0.4 is 4.74 Å². The van der Waals surface area contributed by atoms with E-state index in [2.05, 4.69) is 9.97 Å². The zero-order valence-corrected chi connectivity index (χ0v) is 12.6. The van der Waals surface area contributed by atoms with Gasteiger partial charge in [-0.3, -0.25) is 10.1 Å². The Morgan fingerprint density at radius 2 is 1.95 bits per heavy atom. The lowest BCUT2D eigenvalue weighted by Crippen LogP contribution is -1.99. The highest BCUT2D eigenvalue weighted by atomic mass is 35.5. The molecule has 1 heterocycles. The number of ether oxygens (including phenoxy) is 1. The molecule has 0 saturated carbocycles. The van der Waals surface area contributed by atoms with Crippen molar-refractivity contribution < 1.29 is 9.66 Å². The molecule has 1 aromatic carbocycles. The second-order valence-electron chi connectivity index (χ2n) is 4.56. The molecule has 6 nitrogen and oxygen atoms in total. The Morgan fingerprint density at radius 3 is 2.57 bits per heavy atom. The van der Waals surface area contributed by atoms with E-state index in [1.165, 1.54) is 12.1 Å². The number of aryl methyl sites for hydroxylation is 3. The molecule has 2 aromatic rings. The molecule has 7 heteroatoms. The van der Waals surface area contributed by atoms with Gasteiger partial charge in [0.1, 0.15) is 16.7 Å². The summed E-state index contributed by atoms with van der Waals surface area (Å²) < 4.78 is 5.64. The Bertz CT molecular complexity index is 704. The molecule has 2 rings (SSSR count). The Hall–Kier alpha value is -2.21. The van der Waals surface area contributed by atoms with Gasteiger partial charge in [0.2, 0.25) is 5.88 Å². The fourth-order valence-corrected chi connectivity index (χ4v) is 2.08. The van der Waals surface area contributed by atoms with Crippen molar-refractivity contribution in [1.29, 1.82) is 0 Å². The topological polar surface area (TPSA) is 78.2 Å². The maximum atomic E-state index is 11.0. The molecule has 0 N–H and O–H groups in total. The third kappa shape index (κ3) is 3.46. The maximum Gasteiger partial charge on any atom is 0.276 e. The van der Waals surface area contributed by atoms with Gasteiger partial charge >= 0.3 is 0 Å². The van der Waals surface area contributed by atoms with Crippen LogP contribution >= 0.6 is 11.6 Å². The molecular formula is C14H14ClN3O3. The van der Waals surface area contributed by atoms with E-state index >= 15 is 0 Å². The van der Waals surface area contributed by atoms with Crippen LogP contribution in [0.3, 0.4) is 0 Å². The summed E-state index contributed by atoms with van der Waals surface area (Å²) in [5.74, 6) is 1.20. The lowest BCUT2D eigenvalue weighted by atomic mass is 10.1. The van der Waals surface area contributed by atoms with E-state index in [0.717, 1.165) is 5.56 Å². The second-order valence-corrected chi connectivity index (χ2v) is 4.95. The second kappa shape index (κ2) is 6.05. The zero-order chi connectivity index (χ0) is 15.6. The number of hydrogen-bond donors (Lipinski definition) is 0. The molecule has 0 bridgehead atoms. The monoisotopic (exact) mass is 307 g/mol. The number of hydrogen-bond acceptors (Lipinski definition) is 5. The summed E-state index contributed by atoms with van der Waals surface area (Å²) in [4.78, 5) is 18.8. The number of halogens is 1. The van der Waals surface area contributed by atoms with Crippen LogP contribution in [0.2, 0.25) is 5.15 Å². The van der Waals surface area contributed by atoms with Crippen LogP contribution in [-0.2, 0) is 6.42 Å². The van der Waals surface area contributed by atoms with E-state index in [1.807, 2.05) is 13.8 Å². The molecular weight excluding hydrogens is 294 g/mol. The van der Waals surface area contributed by atoms with Crippen molar-refractivity contribution in [3.8, 4) is 11.6 Å². The largest absolute Gasteiger partial charge is 0.438 e. The molecule has 110 valence electrons. The first kappa shape index (κ1) is 15.2. The standard InChI is InChI=1S/C14H14ClN3O3/c1-4-13-16-12(15)7-14(17-13)21-11-6-10(18(19)20)8(2)5-9(11)3/h5-7H,4H2,1-3H3. The quantitative estimate of drug-likeness (QED) is 0.484. The highest BCUT2D eigenvalue weighted by Crippen LogP contribution is 2.31. The van der Waals surface area contributed by atoms with Gasteiger partial charge in [-0.05, 0) is 25.5 Å². The molecule has 0 spiro atoms. The highest BCUT2D eigenvalue weighted by Gasteiger charge is 2.15. The van der Waals surface area contributed by atoms with Crippen LogP contribution in [-0.4, -0.2) is 14.9 Å². The average Bonchev–Trinajstić information content (AvgIpc) is 2.40. The molecule has 0 amide bonds. The predicted molar refractivity (Wildman–Crippen MR) is 79.1 cm³/mol. The zero-order valence-electron chi connectivity index (χ0n) is 11.9. The number of aromatic nitrogens is 2. The third-order valence-electron chi connectivity index (χ3n) is 2.94. The Morgan fingerprint density at radius 1 is 1.24 bits per heavy atom. The molecule has 0 unspecified atom stereocenters. The molecule has 1 aromatic heterocycles. The van der Waals surface area contributed by atoms with E-state index in [9.17, 15) is 10.1 Å². The summed E-state index contributed by atoms with van der Waals surface area (Å²) in [5, 5.41) is 11.3. The van der Waals surface area contributed by atoms with E-state index in [1.54, 1.807) is 13.0 Å². The van der Waals surface area contributed by atoms with Gasteiger partial charge in [-0.15, -0.1) is 0 Å². The lowest BCUT2D eigenvalue weighted by Gasteiger charge is -2.10. The summed E-state index contributed by atoms with van der Waals surface area (Å²) in [5.41, 5.74) is 1.37. The fraction of sp³-hybridized carbons (Fsp3) is 0.286. The molecule has 0 radical (unpaired) electrons. The van der Waals surface area contributed by atoms with Gasteiger partial charge in [-0.25, -0.2) is 4.98 Å². The van der Waals surface area contributed by atoms with Gasteiger partial charge in [-0.2, -0.15) is 4.98 Å². The van der Waals surface area contributed by atoms with Gasteiger partial charge in [-0.1, -0.05) is 18.5 Å². The summed E-state index contributed by atoms with van der Waals surface area (Å²) in [6.45, 7) is 5.40. The highest BCUT2D eigenvalue weighted by molar-refractivity contribution is 6.29. The van der Waals surface area contributed by atoms with Crippen molar-refractivity contribution in [2.45, 2.75) is 27.2 Å². The minimum absolute atomic E-state index is 0.00599. The SMILES string of the molecule is CCc1nc(Cl)cc(Oc2cc([N+](=O)[O-])c(C)cc2C)n1. The molecule has 0 saturated heterocycles. The van der Waals surface area contributed by atoms with Crippen LogP contribution in [0.4, 0.5) is 5.69 Å². The van der Waals surface area contributed by atoms with Crippen molar-refractivity contribution >= 4 is 17.3 Å². The van der Waals surface area contributed by atoms with Crippen LogP contribution in [0.5, 0.6) is 11.6 Å². The summed E-state index contributed by atoms with van der Waals surface area (Å²) in [6.07, 6.45) is 0.615. The fourth-order valence-electron chi connectivity index (χ4n) is 1.89. The van der Waals surface area contributed by atoms with Gasteiger partial charge in [0, 0.05) is 18.1 Å². The van der Waals surface area contributed by atoms with Gasteiger partial charge in [0.15, 0.2) is 0 Å². The molecule has 0 aliphatic carbocycles.